The van der Waals surface area contributed by atoms with Gasteiger partial charge < -0.3 is 9.80 Å². The Morgan fingerprint density at radius 1 is 0.190 bits per heavy atom. The Labute approximate surface area is 340 Å². The van der Waals surface area contributed by atoms with Crippen molar-refractivity contribution in [2.45, 2.75) is 0 Å². The Kier molecular flexibility index (Phi) is 9.27. The van der Waals surface area contributed by atoms with Crippen molar-refractivity contribution in [2.75, 3.05) is 9.80 Å². The summed E-state index contributed by atoms with van der Waals surface area (Å²) in [5.41, 5.74) is 14.0. The van der Waals surface area contributed by atoms with E-state index in [0.29, 0.717) is 0 Å². The first kappa shape index (κ1) is 34.8. The second-order valence-electron chi connectivity index (χ2n) is 14.5. The standard InChI is InChI=1S/C56H40N2/c1-5-18-41(19-6-1)43-20-17-21-44(40-43)56-53-30-15-13-28-51(53)55(52-29-14-16-31-54(52)56)42-32-34-48(35-33-42)58(47-26-11-4-12-27-47)50-38-36-49(37-39-50)57(45-22-7-2-8-23-45)46-24-9-3-10-25-46/h1-40H. The van der Waals surface area contributed by atoms with Crippen LogP contribution in [-0.4, -0.2) is 0 Å². The molecule has 0 aromatic heterocycles. The molecule has 58 heavy (non-hydrogen) atoms. The highest BCUT2D eigenvalue weighted by Gasteiger charge is 2.19. The van der Waals surface area contributed by atoms with Crippen LogP contribution in [0.15, 0.2) is 243 Å². The summed E-state index contributed by atoms with van der Waals surface area (Å²) in [6, 6.07) is 87.1. The van der Waals surface area contributed by atoms with Gasteiger partial charge in [0, 0.05) is 34.1 Å². The molecule has 0 amide bonds. The van der Waals surface area contributed by atoms with Gasteiger partial charge in [-0.2, -0.15) is 0 Å². The van der Waals surface area contributed by atoms with Gasteiger partial charge >= 0.3 is 0 Å². The van der Waals surface area contributed by atoms with Crippen LogP contribution in [0.3, 0.4) is 0 Å². The lowest BCUT2D eigenvalue weighted by Crippen LogP contribution is -2.12. The molecular weight excluding hydrogens is 701 g/mol. The van der Waals surface area contributed by atoms with E-state index in [2.05, 4.69) is 252 Å². The minimum absolute atomic E-state index is 1.08. The van der Waals surface area contributed by atoms with Crippen LogP contribution in [0.5, 0.6) is 0 Å². The van der Waals surface area contributed by atoms with E-state index in [1.54, 1.807) is 0 Å². The van der Waals surface area contributed by atoms with E-state index in [1.807, 2.05) is 0 Å². The zero-order valence-electron chi connectivity index (χ0n) is 32.0. The molecule has 0 aliphatic rings. The van der Waals surface area contributed by atoms with E-state index < -0.39 is 0 Å². The number of para-hydroxylation sites is 3. The van der Waals surface area contributed by atoms with E-state index in [9.17, 15) is 0 Å². The molecule has 10 rings (SSSR count). The molecule has 10 aromatic carbocycles. The van der Waals surface area contributed by atoms with E-state index in [0.717, 1.165) is 34.1 Å². The highest BCUT2D eigenvalue weighted by molar-refractivity contribution is 6.21. The Morgan fingerprint density at radius 3 is 0.897 bits per heavy atom. The maximum absolute atomic E-state index is 2.34. The number of anilines is 6. The molecular formula is C56H40N2. The number of benzene rings is 10. The molecule has 0 atom stereocenters. The largest absolute Gasteiger partial charge is 0.311 e. The lowest BCUT2D eigenvalue weighted by atomic mass is 9.85. The van der Waals surface area contributed by atoms with Gasteiger partial charge in [-0.1, -0.05) is 164 Å². The van der Waals surface area contributed by atoms with E-state index in [1.165, 1.54) is 54.9 Å². The van der Waals surface area contributed by atoms with E-state index >= 15 is 0 Å². The SMILES string of the molecule is c1ccc(-c2cccc(-c3c4ccccc4c(-c4ccc(N(c5ccccc5)c5ccc(N(c6ccccc6)c6ccccc6)cc5)cc4)c4ccccc34)c2)cc1. The van der Waals surface area contributed by atoms with Gasteiger partial charge in [0.05, 0.1) is 0 Å². The van der Waals surface area contributed by atoms with Crippen molar-refractivity contribution in [3.8, 4) is 33.4 Å². The van der Waals surface area contributed by atoms with Crippen LogP contribution in [0.2, 0.25) is 0 Å². The maximum Gasteiger partial charge on any atom is 0.0463 e. The summed E-state index contributed by atoms with van der Waals surface area (Å²) in [4.78, 5) is 4.63. The normalized spacial score (nSPS) is 11.1. The molecule has 2 heteroatoms. The van der Waals surface area contributed by atoms with Crippen molar-refractivity contribution in [1.82, 2.24) is 0 Å². The van der Waals surface area contributed by atoms with E-state index in [-0.39, 0.29) is 0 Å². The third kappa shape index (κ3) is 6.57. The average molecular weight is 741 g/mol. The second-order valence-corrected chi connectivity index (χ2v) is 14.5. The fourth-order valence-corrected chi connectivity index (χ4v) is 8.39. The van der Waals surface area contributed by atoms with Crippen molar-refractivity contribution in [3.63, 3.8) is 0 Å². The summed E-state index contributed by atoms with van der Waals surface area (Å²) in [7, 11) is 0. The van der Waals surface area contributed by atoms with Gasteiger partial charge in [-0.05, 0) is 134 Å². The molecule has 0 aliphatic carbocycles. The van der Waals surface area contributed by atoms with Crippen LogP contribution in [-0.2, 0) is 0 Å². The van der Waals surface area contributed by atoms with Gasteiger partial charge in [0.1, 0.15) is 0 Å². The summed E-state index contributed by atoms with van der Waals surface area (Å²) in [5, 5.41) is 4.98. The monoisotopic (exact) mass is 740 g/mol. The first-order valence-corrected chi connectivity index (χ1v) is 19.9. The predicted molar refractivity (Wildman–Crippen MR) is 247 cm³/mol. The number of hydrogen-bond donors (Lipinski definition) is 0. The molecule has 0 bridgehead atoms. The van der Waals surface area contributed by atoms with Gasteiger partial charge in [-0.3, -0.25) is 0 Å². The summed E-state index contributed by atoms with van der Waals surface area (Å²) >= 11 is 0. The number of hydrogen-bond acceptors (Lipinski definition) is 2. The topological polar surface area (TPSA) is 6.48 Å². The summed E-state index contributed by atoms with van der Waals surface area (Å²) < 4.78 is 0. The highest BCUT2D eigenvalue weighted by Crippen LogP contribution is 2.45. The fraction of sp³-hybridized carbons (Fsp3) is 0. The van der Waals surface area contributed by atoms with Crippen LogP contribution >= 0.6 is 0 Å². The maximum atomic E-state index is 2.34. The van der Waals surface area contributed by atoms with Crippen molar-refractivity contribution in [3.05, 3.63) is 243 Å². The smallest absolute Gasteiger partial charge is 0.0463 e. The summed E-state index contributed by atoms with van der Waals surface area (Å²) in [5.74, 6) is 0. The van der Waals surface area contributed by atoms with Crippen LogP contribution in [0.4, 0.5) is 34.1 Å². The van der Waals surface area contributed by atoms with Crippen LogP contribution in [0.1, 0.15) is 0 Å². The van der Waals surface area contributed by atoms with Gasteiger partial charge in [-0.15, -0.1) is 0 Å². The third-order valence-electron chi connectivity index (χ3n) is 11.0. The van der Waals surface area contributed by atoms with Gasteiger partial charge in [0.2, 0.25) is 0 Å². The molecule has 2 nitrogen and oxygen atoms in total. The number of rotatable bonds is 9. The van der Waals surface area contributed by atoms with Crippen LogP contribution in [0, 0.1) is 0 Å². The van der Waals surface area contributed by atoms with Crippen molar-refractivity contribution < 1.29 is 0 Å². The molecule has 0 fully saturated rings. The van der Waals surface area contributed by atoms with Gasteiger partial charge in [0.25, 0.3) is 0 Å². The third-order valence-corrected chi connectivity index (χ3v) is 11.0. The summed E-state index contributed by atoms with van der Waals surface area (Å²) in [6.07, 6.45) is 0. The first-order valence-electron chi connectivity index (χ1n) is 19.9. The van der Waals surface area contributed by atoms with Crippen molar-refractivity contribution in [1.29, 1.82) is 0 Å². The highest BCUT2D eigenvalue weighted by atomic mass is 15.2. The fourth-order valence-electron chi connectivity index (χ4n) is 8.39. The average Bonchev–Trinajstić information content (AvgIpc) is 3.30. The summed E-state index contributed by atoms with van der Waals surface area (Å²) in [6.45, 7) is 0. The Morgan fingerprint density at radius 2 is 0.483 bits per heavy atom. The molecule has 0 saturated carbocycles. The Hall–Kier alpha value is -7.68. The minimum atomic E-state index is 1.08. The van der Waals surface area contributed by atoms with Crippen molar-refractivity contribution >= 4 is 55.7 Å². The molecule has 0 aliphatic heterocycles. The lowest BCUT2D eigenvalue weighted by Gasteiger charge is -2.28. The molecule has 274 valence electrons. The molecule has 0 spiro atoms. The quantitative estimate of drug-likeness (QED) is 0.136. The number of nitrogens with zero attached hydrogens (tertiary/aromatic N) is 2. The molecule has 0 N–H and O–H groups in total. The second kappa shape index (κ2) is 15.5. The Bertz CT molecular complexity index is 2860. The predicted octanol–water partition coefficient (Wildman–Crippen LogP) is 15.9. The van der Waals surface area contributed by atoms with Crippen LogP contribution < -0.4 is 9.80 Å². The molecule has 0 saturated heterocycles. The zero-order valence-corrected chi connectivity index (χ0v) is 32.0. The molecule has 0 heterocycles. The van der Waals surface area contributed by atoms with E-state index in [4.69, 9.17) is 0 Å². The Balaban J connectivity index is 1.06. The van der Waals surface area contributed by atoms with Crippen molar-refractivity contribution in [2.24, 2.45) is 0 Å². The number of fused-ring (bicyclic) bond motifs is 2. The van der Waals surface area contributed by atoms with Gasteiger partial charge in [0.15, 0.2) is 0 Å². The molecule has 10 aromatic rings. The lowest BCUT2D eigenvalue weighted by molar-refractivity contribution is 1.26. The molecule has 0 radical (unpaired) electrons. The minimum Gasteiger partial charge on any atom is -0.311 e. The molecule has 0 unspecified atom stereocenters. The van der Waals surface area contributed by atoms with Gasteiger partial charge in [-0.25, -0.2) is 0 Å². The van der Waals surface area contributed by atoms with Crippen LogP contribution in [0.25, 0.3) is 54.9 Å². The zero-order chi connectivity index (χ0) is 38.7. The first-order chi connectivity index (χ1) is 28.8.